The Balaban J connectivity index is 4.20. The third-order valence-electron chi connectivity index (χ3n) is 2.65. The fourth-order valence-electron chi connectivity index (χ4n) is 1.97. The lowest BCUT2D eigenvalue weighted by atomic mass is 9.78. The summed E-state index contributed by atoms with van der Waals surface area (Å²) in [5, 5.41) is 0. The predicted octanol–water partition coefficient (Wildman–Crippen LogP) is 2.78. The second-order valence-corrected chi connectivity index (χ2v) is 4.99. The summed E-state index contributed by atoms with van der Waals surface area (Å²) >= 11 is 5.39. The smallest absolute Gasteiger partial charge is 0.249 e. The summed E-state index contributed by atoms with van der Waals surface area (Å²) in [5.74, 6) is -0.247. The molecule has 0 saturated carbocycles. The molecule has 4 heteroatoms. The van der Waals surface area contributed by atoms with E-state index in [0.29, 0.717) is 0 Å². The molecule has 0 spiro atoms. The Hall–Kier alpha value is -0.800. The number of hydrogen-bond donors (Lipinski definition) is 2. The van der Waals surface area contributed by atoms with Crippen LogP contribution in [-0.4, -0.2) is 17.8 Å². The van der Waals surface area contributed by atoms with Gasteiger partial charge in [-0.1, -0.05) is 19.1 Å². The molecule has 0 aliphatic rings. The molecule has 0 aromatic carbocycles. The zero-order chi connectivity index (χ0) is 13.3. The van der Waals surface area contributed by atoms with Gasteiger partial charge in [-0.25, -0.2) is 5.43 Å². The first-order chi connectivity index (χ1) is 7.97. The number of allylic oxidation sites excluding steroid dienone is 2. The minimum Gasteiger partial charge on any atom is -0.290 e. The molecule has 98 valence electrons. The minimum atomic E-state index is -0.215. The maximum atomic E-state index is 11.0. The van der Waals surface area contributed by atoms with Crippen molar-refractivity contribution >= 4 is 17.5 Å². The molecule has 0 fully saturated rings. The standard InChI is InChI=1S/C13H23ClN2O/c1-5-7-13(4,8-6-2)9-11(3)15-16-12(17)10-14/h5-6,11,15H,1-2,7-10H2,3-4H3,(H,16,17). The van der Waals surface area contributed by atoms with E-state index in [2.05, 4.69) is 30.9 Å². The second-order valence-electron chi connectivity index (χ2n) is 4.73. The van der Waals surface area contributed by atoms with Crippen LogP contribution in [0.1, 0.15) is 33.1 Å². The molecular weight excluding hydrogens is 236 g/mol. The number of hydrogen-bond acceptors (Lipinski definition) is 2. The van der Waals surface area contributed by atoms with Gasteiger partial charge in [0.25, 0.3) is 0 Å². The van der Waals surface area contributed by atoms with Crippen LogP contribution in [0.3, 0.4) is 0 Å². The van der Waals surface area contributed by atoms with Crippen LogP contribution in [0.5, 0.6) is 0 Å². The normalized spacial score (nSPS) is 12.9. The average molecular weight is 259 g/mol. The second kappa shape index (κ2) is 8.31. The van der Waals surface area contributed by atoms with Gasteiger partial charge in [-0.05, 0) is 31.6 Å². The monoisotopic (exact) mass is 258 g/mol. The molecule has 0 aliphatic carbocycles. The average Bonchev–Trinajstić information content (AvgIpc) is 2.26. The molecule has 3 nitrogen and oxygen atoms in total. The number of rotatable bonds is 9. The van der Waals surface area contributed by atoms with Crippen molar-refractivity contribution in [1.29, 1.82) is 0 Å². The van der Waals surface area contributed by atoms with Crippen molar-refractivity contribution < 1.29 is 4.79 Å². The van der Waals surface area contributed by atoms with Gasteiger partial charge >= 0.3 is 0 Å². The van der Waals surface area contributed by atoms with Crippen LogP contribution in [-0.2, 0) is 4.79 Å². The molecule has 0 radical (unpaired) electrons. The van der Waals surface area contributed by atoms with Crippen LogP contribution in [0.15, 0.2) is 25.3 Å². The van der Waals surface area contributed by atoms with E-state index in [4.69, 9.17) is 11.6 Å². The molecule has 1 unspecified atom stereocenters. The fourth-order valence-corrected chi connectivity index (χ4v) is 2.04. The summed E-state index contributed by atoms with van der Waals surface area (Å²) in [7, 11) is 0. The molecular formula is C13H23ClN2O. The molecule has 0 aromatic heterocycles. The molecule has 1 atom stereocenters. The molecule has 2 N–H and O–H groups in total. The van der Waals surface area contributed by atoms with E-state index in [1.165, 1.54) is 0 Å². The summed E-state index contributed by atoms with van der Waals surface area (Å²) < 4.78 is 0. The van der Waals surface area contributed by atoms with Crippen LogP contribution in [0, 0.1) is 5.41 Å². The van der Waals surface area contributed by atoms with Gasteiger partial charge in [0.2, 0.25) is 5.91 Å². The first-order valence-electron chi connectivity index (χ1n) is 5.79. The predicted molar refractivity (Wildman–Crippen MR) is 73.8 cm³/mol. The maximum Gasteiger partial charge on any atom is 0.249 e. The Labute approximate surface area is 109 Å². The number of alkyl halides is 1. The van der Waals surface area contributed by atoms with Crippen LogP contribution < -0.4 is 10.9 Å². The Bertz CT molecular complexity index is 256. The van der Waals surface area contributed by atoms with Gasteiger partial charge in [0.15, 0.2) is 0 Å². The van der Waals surface area contributed by atoms with Gasteiger partial charge < -0.3 is 0 Å². The Kier molecular flexibility index (Phi) is 7.92. The van der Waals surface area contributed by atoms with E-state index in [1.54, 1.807) is 0 Å². The molecule has 0 aliphatic heterocycles. The molecule has 0 saturated heterocycles. The SMILES string of the molecule is C=CCC(C)(CC=C)CC(C)NNC(=O)CCl. The molecule has 17 heavy (non-hydrogen) atoms. The van der Waals surface area contributed by atoms with E-state index in [9.17, 15) is 4.79 Å². The highest BCUT2D eigenvalue weighted by Gasteiger charge is 2.24. The van der Waals surface area contributed by atoms with E-state index in [0.717, 1.165) is 19.3 Å². The summed E-state index contributed by atoms with van der Waals surface area (Å²) in [6.07, 6.45) is 6.62. The van der Waals surface area contributed by atoms with Crippen molar-refractivity contribution in [1.82, 2.24) is 10.9 Å². The van der Waals surface area contributed by atoms with Crippen LogP contribution in [0.2, 0.25) is 0 Å². The number of carbonyl (C=O) groups excluding carboxylic acids is 1. The highest BCUT2D eigenvalue weighted by Crippen LogP contribution is 2.32. The van der Waals surface area contributed by atoms with Gasteiger partial charge in [0.1, 0.15) is 5.88 Å². The van der Waals surface area contributed by atoms with Crippen LogP contribution in [0.4, 0.5) is 0 Å². The summed E-state index contributed by atoms with van der Waals surface area (Å²) in [6, 6.07) is 0.173. The highest BCUT2D eigenvalue weighted by atomic mass is 35.5. The van der Waals surface area contributed by atoms with Crippen LogP contribution >= 0.6 is 11.6 Å². The fraction of sp³-hybridized carbons (Fsp3) is 0.615. The lowest BCUT2D eigenvalue weighted by molar-refractivity contribution is -0.119. The van der Waals surface area contributed by atoms with Crippen molar-refractivity contribution in [3.05, 3.63) is 25.3 Å². The Morgan fingerprint density at radius 1 is 1.41 bits per heavy atom. The van der Waals surface area contributed by atoms with E-state index in [1.807, 2.05) is 19.1 Å². The first-order valence-corrected chi connectivity index (χ1v) is 6.33. The van der Waals surface area contributed by atoms with Gasteiger partial charge in [-0.3, -0.25) is 10.2 Å². The zero-order valence-corrected chi connectivity index (χ0v) is 11.5. The summed E-state index contributed by atoms with van der Waals surface area (Å²) in [6.45, 7) is 11.8. The third-order valence-corrected chi connectivity index (χ3v) is 2.90. The van der Waals surface area contributed by atoms with Crippen molar-refractivity contribution in [3.8, 4) is 0 Å². The molecule has 0 heterocycles. The summed E-state index contributed by atoms with van der Waals surface area (Å²) in [4.78, 5) is 11.0. The van der Waals surface area contributed by atoms with Gasteiger partial charge in [0.05, 0.1) is 0 Å². The molecule has 0 bridgehead atoms. The van der Waals surface area contributed by atoms with E-state index >= 15 is 0 Å². The molecule has 0 aromatic rings. The van der Waals surface area contributed by atoms with Gasteiger partial charge in [0, 0.05) is 6.04 Å². The maximum absolute atomic E-state index is 11.0. The minimum absolute atomic E-state index is 0.0314. The third kappa shape index (κ3) is 7.18. The van der Waals surface area contributed by atoms with Gasteiger partial charge in [-0.2, -0.15) is 0 Å². The Morgan fingerprint density at radius 2 is 1.94 bits per heavy atom. The largest absolute Gasteiger partial charge is 0.290 e. The molecule has 1 amide bonds. The lowest BCUT2D eigenvalue weighted by Gasteiger charge is -2.30. The van der Waals surface area contributed by atoms with E-state index in [-0.39, 0.29) is 23.2 Å². The van der Waals surface area contributed by atoms with Crippen LogP contribution in [0.25, 0.3) is 0 Å². The zero-order valence-electron chi connectivity index (χ0n) is 10.8. The van der Waals surface area contributed by atoms with Crippen molar-refractivity contribution in [2.45, 2.75) is 39.2 Å². The topological polar surface area (TPSA) is 41.1 Å². The summed E-state index contributed by atoms with van der Waals surface area (Å²) in [5.41, 5.74) is 5.65. The molecule has 0 rings (SSSR count). The first kappa shape index (κ1) is 16.2. The number of amides is 1. The lowest BCUT2D eigenvalue weighted by Crippen LogP contribution is -2.45. The number of carbonyl (C=O) groups is 1. The van der Waals surface area contributed by atoms with Crippen molar-refractivity contribution in [2.24, 2.45) is 5.41 Å². The van der Waals surface area contributed by atoms with Crippen molar-refractivity contribution in [2.75, 3.05) is 5.88 Å². The Morgan fingerprint density at radius 3 is 2.35 bits per heavy atom. The number of halogens is 1. The van der Waals surface area contributed by atoms with Gasteiger partial charge in [-0.15, -0.1) is 24.8 Å². The number of nitrogens with one attached hydrogen (secondary N) is 2. The van der Waals surface area contributed by atoms with E-state index < -0.39 is 0 Å². The highest BCUT2D eigenvalue weighted by molar-refractivity contribution is 6.27. The number of hydrazine groups is 1. The quantitative estimate of drug-likeness (QED) is 0.379. The van der Waals surface area contributed by atoms with Crippen molar-refractivity contribution in [3.63, 3.8) is 0 Å².